The highest BCUT2D eigenvalue weighted by Gasteiger charge is 2.35. The number of carbonyl (C=O) groups is 1. The van der Waals surface area contributed by atoms with Gasteiger partial charge in [0.05, 0.1) is 6.10 Å². The molecule has 2 aromatic rings. The lowest BCUT2D eigenvalue weighted by Gasteiger charge is -2.38. The standard InChI is InChI=1S/C17H19N3O3/c21-13-8-11(9-13)14(10-12-4-1-2-6-18-12)20-17(23)16-15(22)5-3-7-19-16/h1-7,11,13-14,21-22H,8-10H2,(H,20,23)/t11?,13?,14-/m0/s1. The number of nitrogens with one attached hydrogen (secondary N) is 1. The smallest absolute Gasteiger partial charge is 0.273 e. The maximum absolute atomic E-state index is 12.4. The van der Waals surface area contributed by atoms with Gasteiger partial charge in [-0.15, -0.1) is 0 Å². The lowest BCUT2D eigenvalue weighted by molar-refractivity contribution is 0.0237. The van der Waals surface area contributed by atoms with E-state index in [0.717, 1.165) is 5.69 Å². The van der Waals surface area contributed by atoms with Crippen molar-refractivity contribution in [1.29, 1.82) is 0 Å². The fourth-order valence-electron chi connectivity index (χ4n) is 2.85. The molecule has 23 heavy (non-hydrogen) atoms. The van der Waals surface area contributed by atoms with Gasteiger partial charge in [0.2, 0.25) is 0 Å². The zero-order valence-corrected chi connectivity index (χ0v) is 12.6. The Morgan fingerprint density at radius 2 is 2.00 bits per heavy atom. The molecule has 2 aromatic heterocycles. The normalized spacial score (nSPS) is 21.3. The van der Waals surface area contributed by atoms with E-state index in [2.05, 4.69) is 15.3 Å². The maximum atomic E-state index is 12.4. The zero-order chi connectivity index (χ0) is 16.2. The number of aromatic hydroxyl groups is 1. The Kier molecular flexibility index (Phi) is 4.52. The van der Waals surface area contributed by atoms with Crippen LogP contribution in [0.25, 0.3) is 0 Å². The van der Waals surface area contributed by atoms with Gasteiger partial charge in [0.15, 0.2) is 5.69 Å². The Bertz CT molecular complexity index is 672. The quantitative estimate of drug-likeness (QED) is 0.773. The molecule has 1 atom stereocenters. The molecule has 1 aliphatic rings. The van der Waals surface area contributed by atoms with Gasteiger partial charge in [0.1, 0.15) is 5.75 Å². The second-order valence-electron chi connectivity index (χ2n) is 5.86. The van der Waals surface area contributed by atoms with Crippen molar-refractivity contribution in [3.63, 3.8) is 0 Å². The molecule has 0 aliphatic heterocycles. The van der Waals surface area contributed by atoms with Crippen molar-refractivity contribution in [3.05, 3.63) is 54.1 Å². The fraction of sp³-hybridized carbons (Fsp3) is 0.353. The molecule has 3 rings (SSSR count). The molecule has 2 heterocycles. The summed E-state index contributed by atoms with van der Waals surface area (Å²) < 4.78 is 0. The molecule has 1 aliphatic carbocycles. The summed E-state index contributed by atoms with van der Waals surface area (Å²) >= 11 is 0. The zero-order valence-electron chi connectivity index (χ0n) is 12.6. The summed E-state index contributed by atoms with van der Waals surface area (Å²) in [6.07, 6.45) is 4.78. The van der Waals surface area contributed by atoms with Crippen LogP contribution in [0.5, 0.6) is 5.75 Å². The van der Waals surface area contributed by atoms with Crippen LogP contribution in [-0.2, 0) is 6.42 Å². The molecule has 0 bridgehead atoms. The number of aromatic nitrogens is 2. The lowest BCUT2D eigenvalue weighted by atomic mass is 9.76. The summed E-state index contributed by atoms with van der Waals surface area (Å²) in [5.41, 5.74) is 0.892. The van der Waals surface area contributed by atoms with Crippen LogP contribution in [0.4, 0.5) is 0 Å². The molecular formula is C17H19N3O3. The van der Waals surface area contributed by atoms with Gasteiger partial charge < -0.3 is 15.5 Å². The number of pyridine rings is 2. The number of aliphatic hydroxyl groups is 1. The van der Waals surface area contributed by atoms with E-state index < -0.39 is 5.91 Å². The minimum absolute atomic E-state index is 0.0124. The average molecular weight is 313 g/mol. The van der Waals surface area contributed by atoms with Gasteiger partial charge in [0, 0.05) is 30.6 Å². The van der Waals surface area contributed by atoms with Crippen LogP contribution in [-0.4, -0.2) is 38.2 Å². The monoisotopic (exact) mass is 313 g/mol. The SMILES string of the molecule is O=C(N[C@@H](Cc1ccccn1)C1CC(O)C1)c1ncccc1O. The van der Waals surface area contributed by atoms with Crippen LogP contribution in [0, 0.1) is 5.92 Å². The minimum Gasteiger partial charge on any atom is -0.505 e. The summed E-state index contributed by atoms with van der Waals surface area (Å²) in [5, 5.41) is 22.2. The molecule has 1 saturated carbocycles. The second-order valence-corrected chi connectivity index (χ2v) is 5.86. The molecule has 6 heteroatoms. The predicted octanol–water partition coefficient (Wildman–Crippen LogP) is 1.29. The third kappa shape index (κ3) is 3.65. The number of hydrogen-bond donors (Lipinski definition) is 3. The van der Waals surface area contributed by atoms with E-state index in [0.29, 0.717) is 19.3 Å². The van der Waals surface area contributed by atoms with E-state index in [9.17, 15) is 15.0 Å². The van der Waals surface area contributed by atoms with Gasteiger partial charge in [-0.3, -0.25) is 9.78 Å². The number of carbonyl (C=O) groups excluding carboxylic acids is 1. The van der Waals surface area contributed by atoms with E-state index in [4.69, 9.17) is 0 Å². The highest BCUT2D eigenvalue weighted by Crippen LogP contribution is 2.31. The molecule has 6 nitrogen and oxygen atoms in total. The summed E-state index contributed by atoms with van der Waals surface area (Å²) in [6, 6.07) is 8.51. The molecule has 0 saturated heterocycles. The van der Waals surface area contributed by atoms with Crippen LogP contribution in [0.3, 0.4) is 0 Å². The van der Waals surface area contributed by atoms with Crippen molar-refractivity contribution in [3.8, 4) is 5.75 Å². The van der Waals surface area contributed by atoms with E-state index in [1.54, 1.807) is 12.3 Å². The molecule has 0 unspecified atom stereocenters. The van der Waals surface area contributed by atoms with Crippen molar-refractivity contribution in [2.75, 3.05) is 0 Å². The molecule has 0 radical (unpaired) electrons. The number of nitrogens with zero attached hydrogens (tertiary/aromatic N) is 2. The van der Waals surface area contributed by atoms with Gasteiger partial charge in [-0.05, 0) is 43.0 Å². The Balaban J connectivity index is 1.73. The summed E-state index contributed by atoms with van der Waals surface area (Å²) in [7, 11) is 0. The first-order valence-corrected chi connectivity index (χ1v) is 7.66. The summed E-state index contributed by atoms with van der Waals surface area (Å²) in [4.78, 5) is 20.6. The topological polar surface area (TPSA) is 95.3 Å². The fourth-order valence-corrected chi connectivity index (χ4v) is 2.85. The van der Waals surface area contributed by atoms with Gasteiger partial charge in [0.25, 0.3) is 5.91 Å². The maximum Gasteiger partial charge on any atom is 0.273 e. The van der Waals surface area contributed by atoms with Crippen LogP contribution < -0.4 is 5.32 Å². The minimum atomic E-state index is -0.412. The Morgan fingerprint density at radius 1 is 1.22 bits per heavy atom. The summed E-state index contributed by atoms with van der Waals surface area (Å²) in [5.74, 6) is -0.359. The Hall–Kier alpha value is -2.47. The van der Waals surface area contributed by atoms with Crippen LogP contribution in [0.2, 0.25) is 0 Å². The molecule has 0 aromatic carbocycles. The molecule has 120 valence electrons. The highest BCUT2D eigenvalue weighted by molar-refractivity contribution is 5.94. The van der Waals surface area contributed by atoms with Crippen molar-refractivity contribution in [1.82, 2.24) is 15.3 Å². The molecule has 0 spiro atoms. The van der Waals surface area contributed by atoms with Crippen molar-refractivity contribution < 1.29 is 15.0 Å². The largest absolute Gasteiger partial charge is 0.505 e. The lowest BCUT2D eigenvalue weighted by Crippen LogP contribution is -2.48. The van der Waals surface area contributed by atoms with Crippen LogP contribution >= 0.6 is 0 Å². The molecule has 3 N–H and O–H groups in total. The van der Waals surface area contributed by atoms with Crippen molar-refractivity contribution >= 4 is 5.91 Å². The van der Waals surface area contributed by atoms with Gasteiger partial charge in [-0.1, -0.05) is 6.07 Å². The molecule has 1 amide bonds. The first kappa shape index (κ1) is 15.4. The number of hydrogen-bond acceptors (Lipinski definition) is 5. The highest BCUT2D eigenvalue weighted by atomic mass is 16.3. The first-order chi connectivity index (χ1) is 11.1. The van der Waals surface area contributed by atoms with Crippen LogP contribution in [0.15, 0.2) is 42.7 Å². The molecular weight excluding hydrogens is 294 g/mol. The van der Waals surface area contributed by atoms with Gasteiger partial charge in [-0.2, -0.15) is 0 Å². The second kappa shape index (κ2) is 6.75. The third-order valence-electron chi connectivity index (χ3n) is 4.19. The van der Waals surface area contributed by atoms with Crippen LogP contribution in [0.1, 0.15) is 29.0 Å². The van der Waals surface area contributed by atoms with E-state index >= 15 is 0 Å². The average Bonchev–Trinajstić information content (AvgIpc) is 2.52. The van der Waals surface area contributed by atoms with E-state index in [1.165, 1.54) is 12.3 Å². The third-order valence-corrected chi connectivity index (χ3v) is 4.19. The number of amides is 1. The van der Waals surface area contributed by atoms with Crippen molar-refractivity contribution in [2.45, 2.75) is 31.4 Å². The van der Waals surface area contributed by atoms with E-state index in [1.807, 2.05) is 18.2 Å². The predicted molar refractivity (Wildman–Crippen MR) is 83.8 cm³/mol. The Morgan fingerprint density at radius 3 is 2.65 bits per heavy atom. The summed E-state index contributed by atoms with van der Waals surface area (Å²) in [6.45, 7) is 0. The first-order valence-electron chi connectivity index (χ1n) is 7.66. The Labute approximate surface area is 134 Å². The van der Waals surface area contributed by atoms with Crippen molar-refractivity contribution in [2.24, 2.45) is 5.92 Å². The van der Waals surface area contributed by atoms with Gasteiger partial charge in [-0.25, -0.2) is 4.98 Å². The van der Waals surface area contributed by atoms with E-state index in [-0.39, 0.29) is 29.5 Å². The number of aliphatic hydroxyl groups excluding tert-OH is 1. The number of rotatable bonds is 5. The van der Waals surface area contributed by atoms with Gasteiger partial charge >= 0.3 is 0 Å². The molecule has 1 fully saturated rings.